The van der Waals surface area contributed by atoms with Gasteiger partial charge in [0, 0.05) is 19.4 Å². The fraction of sp³-hybridized carbons (Fsp3) is 0.841. The molecule has 0 aliphatic rings. The van der Waals surface area contributed by atoms with Gasteiger partial charge < -0.3 is 20.1 Å². The lowest BCUT2D eigenvalue weighted by atomic mass is 10.0. The zero-order chi connectivity index (χ0) is 53.1. The van der Waals surface area contributed by atoms with Crippen molar-refractivity contribution in [2.45, 2.75) is 315 Å². The molecule has 0 spiro atoms. The van der Waals surface area contributed by atoms with E-state index in [4.69, 9.17) is 24.3 Å². The Morgan fingerprint density at radius 1 is 0.425 bits per heavy atom. The molecule has 0 amide bonds. The van der Waals surface area contributed by atoms with Gasteiger partial charge in [-0.2, -0.15) is 0 Å². The minimum absolute atomic E-state index is 0.0519. The number of esters is 2. The number of carbonyl (C=O) groups excluding carboxylic acids is 2. The van der Waals surface area contributed by atoms with Crippen LogP contribution in [0.3, 0.4) is 0 Å². The molecule has 3 N–H and O–H groups in total. The third kappa shape index (κ3) is 59.1. The van der Waals surface area contributed by atoms with Crippen molar-refractivity contribution < 1.29 is 37.6 Å². The van der Waals surface area contributed by atoms with Crippen LogP contribution in [0.5, 0.6) is 0 Å². The Morgan fingerprint density at radius 3 is 1.12 bits per heavy atom. The van der Waals surface area contributed by atoms with Gasteiger partial charge in [-0.05, 0) is 51.4 Å². The summed E-state index contributed by atoms with van der Waals surface area (Å²) in [6, 6.07) is 0. The average molecular weight is 1050 g/mol. The minimum atomic E-state index is -4.39. The number of hydrogen-bond donors (Lipinski definition) is 2. The van der Waals surface area contributed by atoms with Crippen LogP contribution in [0.15, 0.2) is 48.6 Å². The van der Waals surface area contributed by atoms with E-state index in [1.165, 1.54) is 205 Å². The Morgan fingerprint density at radius 2 is 0.753 bits per heavy atom. The highest BCUT2D eigenvalue weighted by molar-refractivity contribution is 7.47. The number of nitrogens with two attached hydrogens (primary N) is 1. The molecule has 0 aliphatic heterocycles. The second-order valence-corrected chi connectivity index (χ2v) is 22.4. The summed E-state index contributed by atoms with van der Waals surface area (Å²) in [6.45, 7) is 3.67. The number of ether oxygens (including phenoxy) is 2. The van der Waals surface area contributed by atoms with Gasteiger partial charge in [0.05, 0.1) is 13.2 Å². The Balaban J connectivity index is 3.87. The van der Waals surface area contributed by atoms with E-state index in [9.17, 15) is 19.0 Å². The molecule has 2 unspecified atom stereocenters. The van der Waals surface area contributed by atoms with Crippen LogP contribution in [0.4, 0.5) is 0 Å². The normalized spacial score (nSPS) is 13.3. The molecule has 428 valence electrons. The van der Waals surface area contributed by atoms with E-state index in [0.717, 1.165) is 70.6 Å². The highest BCUT2D eigenvalue weighted by Crippen LogP contribution is 2.43. The first-order valence-electron chi connectivity index (χ1n) is 31.1. The fourth-order valence-corrected chi connectivity index (χ4v) is 9.93. The van der Waals surface area contributed by atoms with E-state index >= 15 is 0 Å². The van der Waals surface area contributed by atoms with Gasteiger partial charge in [-0.1, -0.05) is 294 Å². The van der Waals surface area contributed by atoms with Gasteiger partial charge in [0.15, 0.2) is 6.10 Å². The second-order valence-electron chi connectivity index (χ2n) is 20.9. The molecule has 0 bridgehead atoms. The molecule has 0 fully saturated rings. The molecule has 0 aromatic carbocycles. The number of unbranched alkanes of at least 4 members (excludes halogenated alkanes) is 38. The molecular weight excluding hydrogens is 930 g/mol. The molecule has 0 radical (unpaired) electrons. The van der Waals surface area contributed by atoms with E-state index in [2.05, 4.69) is 62.5 Å². The van der Waals surface area contributed by atoms with Crippen molar-refractivity contribution in [2.75, 3.05) is 26.4 Å². The Kier molecular flexibility index (Phi) is 57.6. The standard InChI is InChI=1S/C63H118NO8P/c1-3-5-7-9-11-13-15-17-19-21-23-25-26-27-28-29-30-31-32-33-34-36-37-39-41-43-45-47-49-51-53-55-62(65)69-59-61(60-71-73(67,68)70-58-57-64)72-63(66)56-54-52-50-48-46-44-42-40-38-35-24-22-20-18-16-14-12-10-8-6-4-2/h6,8,12,14,18,20,24,35,61H,3-5,7,9-11,13,15-17,19,21-23,25-34,36-60,64H2,1-2H3,(H,67,68)/b8-6-,14-12-,20-18-,35-24-. The summed E-state index contributed by atoms with van der Waals surface area (Å²) in [4.78, 5) is 35.2. The predicted octanol–water partition coefficient (Wildman–Crippen LogP) is 19.7. The number of phosphoric ester groups is 1. The maximum Gasteiger partial charge on any atom is 0.472 e. The molecule has 10 heteroatoms. The fourth-order valence-electron chi connectivity index (χ4n) is 9.16. The number of phosphoric acid groups is 1. The lowest BCUT2D eigenvalue weighted by Crippen LogP contribution is -2.29. The van der Waals surface area contributed by atoms with E-state index in [1.807, 2.05) is 0 Å². The number of rotatable bonds is 59. The summed E-state index contributed by atoms with van der Waals surface area (Å²) in [5, 5.41) is 0. The molecule has 2 atom stereocenters. The van der Waals surface area contributed by atoms with Gasteiger partial charge in [0.25, 0.3) is 0 Å². The van der Waals surface area contributed by atoms with Gasteiger partial charge in [-0.15, -0.1) is 0 Å². The number of carbonyl (C=O) groups is 2. The Labute approximate surface area is 451 Å². The van der Waals surface area contributed by atoms with Gasteiger partial charge in [0.2, 0.25) is 0 Å². The van der Waals surface area contributed by atoms with Crippen molar-refractivity contribution >= 4 is 19.8 Å². The van der Waals surface area contributed by atoms with Crippen LogP contribution < -0.4 is 5.73 Å². The molecule has 0 aromatic rings. The number of hydrogen-bond acceptors (Lipinski definition) is 8. The van der Waals surface area contributed by atoms with E-state index in [-0.39, 0.29) is 38.6 Å². The molecule has 0 aromatic heterocycles. The van der Waals surface area contributed by atoms with Crippen LogP contribution in [-0.2, 0) is 32.7 Å². The SMILES string of the molecule is CC/C=C\C/C=C\C/C=C\C/C=C\CCCCCCCCCCC(=O)OC(COC(=O)CCCCCCCCCCCCCCCCCCCCCCCCCCCCCCCCC)COP(=O)(O)OCCN. The van der Waals surface area contributed by atoms with Crippen molar-refractivity contribution in [1.82, 2.24) is 0 Å². The van der Waals surface area contributed by atoms with Crippen molar-refractivity contribution in [2.24, 2.45) is 5.73 Å². The van der Waals surface area contributed by atoms with E-state index < -0.39 is 26.5 Å². The van der Waals surface area contributed by atoms with Crippen molar-refractivity contribution in [3.63, 3.8) is 0 Å². The topological polar surface area (TPSA) is 134 Å². The van der Waals surface area contributed by atoms with E-state index in [1.54, 1.807) is 0 Å². The predicted molar refractivity (Wildman–Crippen MR) is 312 cm³/mol. The molecular formula is C63H118NO8P. The van der Waals surface area contributed by atoms with Gasteiger partial charge in [-0.25, -0.2) is 4.57 Å². The van der Waals surface area contributed by atoms with Crippen LogP contribution in [-0.4, -0.2) is 49.3 Å². The van der Waals surface area contributed by atoms with Crippen LogP contribution >= 0.6 is 7.82 Å². The summed E-state index contributed by atoms with van der Waals surface area (Å²) >= 11 is 0. The van der Waals surface area contributed by atoms with Gasteiger partial charge >= 0.3 is 19.8 Å². The van der Waals surface area contributed by atoms with Crippen LogP contribution in [0.25, 0.3) is 0 Å². The third-order valence-electron chi connectivity index (χ3n) is 13.7. The molecule has 9 nitrogen and oxygen atoms in total. The Hall–Kier alpha value is -2.03. The van der Waals surface area contributed by atoms with Gasteiger partial charge in [-0.3, -0.25) is 18.6 Å². The van der Waals surface area contributed by atoms with Crippen LogP contribution in [0.2, 0.25) is 0 Å². The summed E-state index contributed by atoms with van der Waals surface area (Å²) < 4.78 is 33.1. The molecule has 0 saturated carbocycles. The van der Waals surface area contributed by atoms with Crippen molar-refractivity contribution in [3.05, 3.63) is 48.6 Å². The zero-order valence-corrected chi connectivity index (χ0v) is 48.8. The van der Waals surface area contributed by atoms with Crippen LogP contribution in [0.1, 0.15) is 309 Å². The summed E-state index contributed by atoms with van der Waals surface area (Å²) in [6.07, 6.45) is 73.3. The largest absolute Gasteiger partial charge is 0.472 e. The third-order valence-corrected chi connectivity index (χ3v) is 14.7. The smallest absolute Gasteiger partial charge is 0.462 e. The average Bonchev–Trinajstić information content (AvgIpc) is 3.38. The second kappa shape index (κ2) is 59.2. The molecule has 73 heavy (non-hydrogen) atoms. The van der Waals surface area contributed by atoms with Crippen molar-refractivity contribution in [1.29, 1.82) is 0 Å². The van der Waals surface area contributed by atoms with Crippen molar-refractivity contribution in [3.8, 4) is 0 Å². The molecule has 0 heterocycles. The first-order valence-corrected chi connectivity index (χ1v) is 32.6. The lowest BCUT2D eigenvalue weighted by molar-refractivity contribution is -0.161. The maximum absolute atomic E-state index is 12.7. The molecule has 0 rings (SSSR count). The first-order chi connectivity index (χ1) is 35.8. The quantitative estimate of drug-likeness (QED) is 0.0264. The highest BCUT2D eigenvalue weighted by Gasteiger charge is 2.26. The maximum atomic E-state index is 12.7. The minimum Gasteiger partial charge on any atom is -0.462 e. The van der Waals surface area contributed by atoms with Crippen LogP contribution in [0, 0.1) is 0 Å². The molecule has 0 aliphatic carbocycles. The summed E-state index contributed by atoms with van der Waals surface area (Å²) in [7, 11) is -4.39. The first kappa shape index (κ1) is 71.0. The zero-order valence-electron chi connectivity index (χ0n) is 47.9. The number of allylic oxidation sites excluding steroid dienone is 8. The monoisotopic (exact) mass is 1050 g/mol. The highest BCUT2D eigenvalue weighted by atomic mass is 31.2. The summed E-state index contributed by atoms with van der Waals surface area (Å²) in [5.74, 6) is -0.824. The molecule has 0 saturated heterocycles. The lowest BCUT2D eigenvalue weighted by Gasteiger charge is -2.19. The Bertz CT molecular complexity index is 1330. The van der Waals surface area contributed by atoms with E-state index in [0.29, 0.717) is 6.42 Å². The summed E-state index contributed by atoms with van der Waals surface area (Å²) in [5.41, 5.74) is 5.39. The van der Waals surface area contributed by atoms with Gasteiger partial charge in [0.1, 0.15) is 6.61 Å².